The van der Waals surface area contributed by atoms with Gasteiger partial charge in [-0.15, -0.1) is 0 Å². The fraction of sp³-hybridized carbons (Fsp3) is 0.294. The SMILES string of the molecule is O=C(Cn1ncc2ccccc21)N1CCN(c2ncc[nH]c2=O)CC1. The number of anilines is 1. The third kappa shape index (κ3) is 2.98. The molecule has 1 fully saturated rings. The molecule has 1 amide bonds. The van der Waals surface area contributed by atoms with Crippen LogP contribution in [-0.4, -0.2) is 56.7 Å². The first-order valence-electron chi connectivity index (χ1n) is 8.19. The zero-order chi connectivity index (χ0) is 17.2. The number of hydrogen-bond acceptors (Lipinski definition) is 5. The van der Waals surface area contributed by atoms with Crippen LogP contribution < -0.4 is 10.5 Å². The molecule has 0 atom stereocenters. The number of nitrogens with zero attached hydrogens (tertiary/aromatic N) is 5. The van der Waals surface area contributed by atoms with E-state index < -0.39 is 0 Å². The lowest BCUT2D eigenvalue weighted by molar-refractivity contribution is -0.132. The van der Waals surface area contributed by atoms with Gasteiger partial charge < -0.3 is 14.8 Å². The maximum absolute atomic E-state index is 12.6. The predicted octanol–water partition coefficient (Wildman–Crippen LogP) is 0.468. The molecule has 0 spiro atoms. The smallest absolute Gasteiger partial charge is 0.290 e. The Bertz CT molecular complexity index is 955. The summed E-state index contributed by atoms with van der Waals surface area (Å²) in [6.07, 6.45) is 4.85. The molecule has 4 rings (SSSR count). The Kier molecular flexibility index (Phi) is 3.93. The van der Waals surface area contributed by atoms with Crippen molar-refractivity contribution < 1.29 is 4.79 Å². The standard InChI is InChI=1S/C17H18N6O2/c24-15(12-23-14-4-2-1-3-13(14)11-20-23)21-7-9-22(10-8-21)16-17(25)19-6-5-18-16/h1-6,11H,7-10,12H2,(H,19,25). The normalized spacial score (nSPS) is 14.9. The first-order valence-corrected chi connectivity index (χ1v) is 8.19. The van der Waals surface area contributed by atoms with Crippen LogP contribution in [0.2, 0.25) is 0 Å². The van der Waals surface area contributed by atoms with Crippen molar-refractivity contribution in [3.8, 4) is 0 Å². The molecule has 1 aromatic carbocycles. The molecule has 3 heterocycles. The van der Waals surface area contributed by atoms with Gasteiger partial charge >= 0.3 is 0 Å². The average molecular weight is 338 g/mol. The predicted molar refractivity (Wildman–Crippen MR) is 93.4 cm³/mol. The summed E-state index contributed by atoms with van der Waals surface area (Å²) < 4.78 is 1.73. The van der Waals surface area contributed by atoms with E-state index in [1.54, 1.807) is 17.1 Å². The Morgan fingerprint density at radius 1 is 1.16 bits per heavy atom. The molecular formula is C17H18N6O2. The number of carbonyl (C=O) groups excluding carboxylic acids is 1. The van der Waals surface area contributed by atoms with Crippen molar-refractivity contribution in [1.82, 2.24) is 24.6 Å². The van der Waals surface area contributed by atoms with Gasteiger partial charge in [0.15, 0.2) is 5.82 Å². The van der Waals surface area contributed by atoms with Gasteiger partial charge in [0.05, 0.1) is 11.7 Å². The topological polar surface area (TPSA) is 87.1 Å². The highest BCUT2D eigenvalue weighted by Gasteiger charge is 2.23. The van der Waals surface area contributed by atoms with Gasteiger partial charge in [-0.05, 0) is 6.07 Å². The van der Waals surface area contributed by atoms with E-state index in [2.05, 4.69) is 15.1 Å². The van der Waals surface area contributed by atoms with Gasteiger partial charge in [0.2, 0.25) is 5.91 Å². The van der Waals surface area contributed by atoms with Crippen LogP contribution >= 0.6 is 0 Å². The van der Waals surface area contributed by atoms with Crippen LogP contribution in [0.3, 0.4) is 0 Å². The number of amides is 1. The zero-order valence-corrected chi connectivity index (χ0v) is 13.6. The number of para-hydroxylation sites is 1. The monoisotopic (exact) mass is 338 g/mol. The van der Waals surface area contributed by atoms with Crippen molar-refractivity contribution in [3.05, 3.63) is 53.2 Å². The maximum Gasteiger partial charge on any atom is 0.290 e. The van der Waals surface area contributed by atoms with E-state index in [1.807, 2.05) is 34.1 Å². The van der Waals surface area contributed by atoms with E-state index in [1.165, 1.54) is 6.20 Å². The van der Waals surface area contributed by atoms with Crippen LogP contribution in [0.25, 0.3) is 10.9 Å². The van der Waals surface area contributed by atoms with Crippen molar-refractivity contribution in [3.63, 3.8) is 0 Å². The molecule has 0 unspecified atom stereocenters. The Labute approximate surface area is 143 Å². The molecule has 0 radical (unpaired) electrons. The molecule has 1 N–H and O–H groups in total. The second-order valence-electron chi connectivity index (χ2n) is 5.97. The lowest BCUT2D eigenvalue weighted by Gasteiger charge is -2.34. The van der Waals surface area contributed by atoms with Crippen molar-refractivity contribution in [2.24, 2.45) is 0 Å². The number of nitrogens with one attached hydrogen (secondary N) is 1. The average Bonchev–Trinajstić information content (AvgIpc) is 3.05. The summed E-state index contributed by atoms with van der Waals surface area (Å²) in [4.78, 5) is 34.9. The fourth-order valence-electron chi connectivity index (χ4n) is 3.12. The van der Waals surface area contributed by atoms with Crippen LogP contribution in [0.15, 0.2) is 47.7 Å². The number of carbonyl (C=O) groups is 1. The number of piperazine rings is 1. The van der Waals surface area contributed by atoms with E-state index in [-0.39, 0.29) is 18.0 Å². The van der Waals surface area contributed by atoms with Gasteiger partial charge in [-0.1, -0.05) is 18.2 Å². The Morgan fingerprint density at radius 2 is 1.96 bits per heavy atom. The molecule has 128 valence electrons. The van der Waals surface area contributed by atoms with Gasteiger partial charge in [0.25, 0.3) is 5.56 Å². The Balaban J connectivity index is 1.41. The van der Waals surface area contributed by atoms with E-state index in [9.17, 15) is 9.59 Å². The highest BCUT2D eigenvalue weighted by Crippen LogP contribution is 2.14. The minimum atomic E-state index is -0.203. The molecule has 0 bridgehead atoms. The summed E-state index contributed by atoms with van der Waals surface area (Å²) >= 11 is 0. The van der Waals surface area contributed by atoms with Gasteiger partial charge in [-0.25, -0.2) is 4.98 Å². The Morgan fingerprint density at radius 3 is 2.76 bits per heavy atom. The summed E-state index contributed by atoms with van der Waals surface area (Å²) in [6, 6.07) is 7.83. The maximum atomic E-state index is 12.6. The van der Waals surface area contributed by atoms with E-state index in [0.717, 1.165) is 10.9 Å². The molecule has 8 heteroatoms. The van der Waals surface area contributed by atoms with Gasteiger partial charge in [0, 0.05) is 44.0 Å². The number of aromatic nitrogens is 4. The first kappa shape index (κ1) is 15.4. The molecule has 0 aliphatic carbocycles. The van der Waals surface area contributed by atoms with Crippen LogP contribution in [0.5, 0.6) is 0 Å². The van der Waals surface area contributed by atoms with E-state index >= 15 is 0 Å². The number of H-pyrrole nitrogens is 1. The molecule has 0 saturated carbocycles. The zero-order valence-electron chi connectivity index (χ0n) is 13.6. The van der Waals surface area contributed by atoms with Gasteiger partial charge in [-0.2, -0.15) is 5.10 Å². The lowest BCUT2D eigenvalue weighted by Crippen LogP contribution is -2.51. The summed E-state index contributed by atoms with van der Waals surface area (Å²) in [5, 5.41) is 5.33. The van der Waals surface area contributed by atoms with Crippen LogP contribution in [-0.2, 0) is 11.3 Å². The first-order chi connectivity index (χ1) is 12.2. The largest absolute Gasteiger partial charge is 0.348 e. The van der Waals surface area contributed by atoms with Crippen molar-refractivity contribution >= 4 is 22.6 Å². The molecule has 8 nitrogen and oxygen atoms in total. The van der Waals surface area contributed by atoms with E-state index in [0.29, 0.717) is 32.0 Å². The van der Waals surface area contributed by atoms with Crippen LogP contribution in [0, 0.1) is 0 Å². The van der Waals surface area contributed by atoms with Crippen LogP contribution in [0.1, 0.15) is 0 Å². The summed E-state index contributed by atoms with van der Waals surface area (Å²) in [5.74, 6) is 0.441. The number of aromatic amines is 1. The van der Waals surface area contributed by atoms with Crippen LogP contribution in [0.4, 0.5) is 5.82 Å². The molecule has 25 heavy (non-hydrogen) atoms. The third-order valence-electron chi connectivity index (χ3n) is 4.46. The molecule has 2 aromatic heterocycles. The second kappa shape index (κ2) is 6.39. The minimum absolute atomic E-state index is 0.0310. The second-order valence-corrected chi connectivity index (χ2v) is 5.97. The number of hydrogen-bond donors (Lipinski definition) is 1. The molecule has 1 saturated heterocycles. The quantitative estimate of drug-likeness (QED) is 0.750. The number of rotatable bonds is 3. The van der Waals surface area contributed by atoms with Crippen molar-refractivity contribution in [2.45, 2.75) is 6.54 Å². The molecular weight excluding hydrogens is 320 g/mol. The third-order valence-corrected chi connectivity index (χ3v) is 4.46. The molecule has 3 aromatic rings. The summed E-state index contributed by atoms with van der Waals surface area (Å²) in [5.41, 5.74) is 0.750. The van der Waals surface area contributed by atoms with Crippen molar-refractivity contribution in [2.75, 3.05) is 31.1 Å². The lowest BCUT2D eigenvalue weighted by atomic mass is 10.2. The molecule has 1 aliphatic heterocycles. The van der Waals surface area contributed by atoms with Crippen molar-refractivity contribution in [1.29, 1.82) is 0 Å². The minimum Gasteiger partial charge on any atom is -0.348 e. The van der Waals surface area contributed by atoms with E-state index in [4.69, 9.17) is 0 Å². The van der Waals surface area contributed by atoms with Gasteiger partial charge in [-0.3, -0.25) is 14.3 Å². The number of benzene rings is 1. The van der Waals surface area contributed by atoms with Gasteiger partial charge in [0.1, 0.15) is 6.54 Å². The number of fused-ring (bicyclic) bond motifs is 1. The fourth-order valence-corrected chi connectivity index (χ4v) is 3.12. The Hall–Kier alpha value is -3.16. The molecule has 1 aliphatic rings. The summed E-state index contributed by atoms with van der Waals surface area (Å²) in [7, 11) is 0. The summed E-state index contributed by atoms with van der Waals surface area (Å²) in [6.45, 7) is 2.52. The highest BCUT2D eigenvalue weighted by molar-refractivity contribution is 5.82. The highest BCUT2D eigenvalue weighted by atomic mass is 16.2.